The molecule has 2 amide bonds. The summed E-state index contributed by atoms with van der Waals surface area (Å²) in [5.74, 6) is -0.439. The quantitative estimate of drug-likeness (QED) is 0.461. The number of rotatable bonds is 5. The van der Waals surface area contributed by atoms with Gasteiger partial charge in [0.1, 0.15) is 5.75 Å². The summed E-state index contributed by atoms with van der Waals surface area (Å²) in [4.78, 5) is 21.2. The van der Waals surface area contributed by atoms with Crippen LogP contribution in [0.3, 0.4) is 0 Å². The smallest absolute Gasteiger partial charge is 0.309 e. The Balaban J connectivity index is 2.47. The lowest BCUT2D eigenvalue weighted by atomic mass is 10.2. The predicted molar refractivity (Wildman–Crippen MR) is 54.1 cm³/mol. The first-order valence-corrected chi connectivity index (χ1v) is 4.42. The van der Waals surface area contributed by atoms with Crippen LogP contribution in [0.25, 0.3) is 0 Å². The van der Waals surface area contributed by atoms with E-state index in [1.807, 2.05) is 0 Å². The molecule has 1 radical (unpaired) electrons. The molecule has 0 atom stereocenters. The highest BCUT2D eigenvalue weighted by atomic mass is 16.3. The summed E-state index contributed by atoms with van der Waals surface area (Å²) in [6, 6.07) is 6.25. The maximum Gasteiger partial charge on any atom is 0.309 e. The van der Waals surface area contributed by atoms with Crippen molar-refractivity contribution in [1.29, 1.82) is 0 Å². The summed E-state index contributed by atoms with van der Waals surface area (Å²) in [5, 5.41) is 14.2. The van der Waals surface area contributed by atoms with Crippen LogP contribution in [-0.2, 0) is 4.79 Å². The Morgan fingerprint density at radius 2 is 2.07 bits per heavy atom. The Hall–Kier alpha value is -2.04. The van der Waals surface area contributed by atoms with Crippen molar-refractivity contribution >= 4 is 12.3 Å². The molecule has 0 saturated heterocycles. The SMILES string of the molecule is O=[C]NCCNC(=O)c1ccccc1O. The number of benzene rings is 1. The summed E-state index contributed by atoms with van der Waals surface area (Å²) >= 11 is 0. The molecule has 0 bridgehead atoms. The average molecular weight is 207 g/mol. The van der Waals surface area contributed by atoms with E-state index >= 15 is 0 Å². The van der Waals surface area contributed by atoms with Gasteiger partial charge in [0.05, 0.1) is 5.56 Å². The van der Waals surface area contributed by atoms with E-state index in [0.717, 1.165) is 0 Å². The van der Waals surface area contributed by atoms with E-state index in [-0.39, 0.29) is 17.2 Å². The van der Waals surface area contributed by atoms with E-state index in [9.17, 15) is 14.7 Å². The van der Waals surface area contributed by atoms with Gasteiger partial charge in [-0.15, -0.1) is 0 Å². The van der Waals surface area contributed by atoms with Crippen molar-refractivity contribution in [3.8, 4) is 5.75 Å². The van der Waals surface area contributed by atoms with Gasteiger partial charge in [-0.3, -0.25) is 9.59 Å². The van der Waals surface area contributed by atoms with Gasteiger partial charge in [-0.25, -0.2) is 0 Å². The third-order valence-corrected chi connectivity index (χ3v) is 1.76. The zero-order valence-electron chi connectivity index (χ0n) is 7.99. The highest BCUT2D eigenvalue weighted by Gasteiger charge is 2.08. The van der Waals surface area contributed by atoms with Crippen LogP contribution in [0.15, 0.2) is 24.3 Å². The molecule has 1 aromatic rings. The van der Waals surface area contributed by atoms with E-state index < -0.39 is 0 Å². The molecule has 1 aromatic carbocycles. The zero-order valence-corrected chi connectivity index (χ0v) is 7.99. The van der Waals surface area contributed by atoms with E-state index in [0.29, 0.717) is 13.1 Å². The second-order valence-electron chi connectivity index (χ2n) is 2.80. The van der Waals surface area contributed by atoms with Gasteiger partial charge in [-0.05, 0) is 12.1 Å². The van der Waals surface area contributed by atoms with Crippen LogP contribution in [0.1, 0.15) is 10.4 Å². The summed E-state index contributed by atoms with van der Waals surface area (Å²) in [6.45, 7) is 0.602. The van der Waals surface area contributed by atoms with Crippen molar-refractivity contribution in [3.63, 3.8) is 0 Å². The average Bonchev–Trinajstić information content (AvgIpc) is 2.25. The van der Waals surface area contributed by atoms with Crippen LogP contribution in [0, 0.1) is 0 Å². The number of nitrogens with one attached hydrogen (secondary N) is 2. The standard InChI is InChI=1S/C10H11N2O3/c13-7-11-5-6-12-10(15)8-3-1-2-4-9(8)14/h1-4,14H,5-6H2,(H,11,13)(H,12,15). The largest absolute Gasteiger partial charge is 0.507 e. The fourth-order valence-electron chi connectivity index (χ4n) is 1.05. The molecule has 0 spiro atoms. The molecule has 79 valence electrons. The molecule has 3 N–H and O–H groups in total. The van der Waals surface area contributed by atoms with Crippen LogP contribution < -0.4 is 10.6 Å². The van der Waals surface area contributed by atoms with Crippen molar-refractivity contribution in [3.05, 3.63) is 29.8 Å². The third kappa shape index (κ3) is 3.30. The molecule has 5 nitrogen and oxygen atoms in total. The molecule has 5 heteroatoms. The number of carbonyl (C=O) groups excluding carboxylic acids is 2. The summed E-state index contributed by atoms with van der Waals surface area (Å²) in [7, 11) is 0. The van der Waals surface area contributed by atoms with Gasteiger partial charge in [-0.1, -0.05) is 12.1 Å². The lowest BCUT2D eigenvalue weighted by Gasteiger charge is -2.05. The number of phenolic OH excluding ortho intramolecular Hbond substituents is 1. The predicted octanol–water partition coefficient (Wildman–Crippen LogP) is -0.221. The van der Waals surface area contributed by atoms with E-state index in [1.165, 1.54) is 18.5 Å². The van der Waals surface area contributed by atoms with Crippen molar-refractivity contribution in [2.24, 2.45) is 0 Å². The fraction of sp³-hybridized carbons (Fsp3) is 0.200. The van der Waals surface area contributed by atoms with Crippen LogP contribution in [0.2, 0.25) is 0 Å². The van der Waals surface area contributed by atoms with Crippen molar-refractivity contribution in [2.45, 2.75) is 0 Å². The zero-order chi connectivity index (χ0) is 11.1. The maximum atomic E-state index is 11.4. The van der Waals surface area contributed by atoms with E-state index in [4.69, 9.17) is 0 Å². The Morgan fingerprint density at radius 1 is 1.33 bits per heavy atom. The summed E-state index contributed by atoms with van der Waals surface area (Å²) in [5.41, 5.74) is 0.215. The second-order valence-corrected chi connectivity index (χ2v) is 2.80. The van der Waals surface area contributed by atoms with Crippen LogP contribution in [0.5, 0.6) is 5.75 Å². The molecule has 0 heterocycles. The molecule has 0 aliphatic carbocycles. The van der Waals surface area contributed by atoms with Gasteiger partial charge in [-0.2, -0.15) is 0 Å². The third-order valence-electron chi connectivity index (χ3n) is 1.76. The van der Waals surface area contributed by atoms with Crippen LogP contribution >= 0.6 is 0 Å². The topological polar surface area (TPSA) is 78.4 Å². The van der Waals surface area contributed by atoms with Crippen molar-refractivity contribution in [1.82, 2.24) is 10.6 Å². The molecule has 1 rings (SSSR count). The lowest BCUT2D eigenvalue weighted by molar-refractivity contribution is 0.0951. The van der Waals surface area contributed by atoms with Crippen molar-refractivity contribution < 1.29 is 14.7 Å². The number of hydrogen-bond acceptors (Lipinski definition) is 3. The minimum atomic E-state index is -0.374. The molecule has 0 aromatic heterocycles. The first-order valence-electron chi connectivity index (χ1n) is 4.42. The van der Waals surface area contributed by atoms with Crippen LogP contribution in [-0.4, -0.2) is 30.5 Å². The number of amides is 2. The molecule has 15 heavy (non-hydrogen) atoms. The minimum Gasteiger partial charge on any atom is -0.507 e. The van der Waals surface area contributed by atoms with Gasteiger partial charge in [0, 0.05) is 13.1 Å². The van der Waals surface area contributed by atoms with Gasteiger partial charge in [0.15, 0.2) is 0 Å². The van der Waals surface area contributed by atoms with Crippen molar-refractivity contribution in [2.75, 3.05) is 13.1 Å². The minimum absolute atomic E-state index is 0.0649. The molecule has 0 unspecified atom stereocenters. The summed E-state index contributed by atoms with van der Waals surface area (Å²) < 4.78 is 0. The number of hydrogen-bond donors (Lipinski definition) is 3. The Labute approximate surface area is 87.1 Å². The molecular formula is C10H11N2O3. The highest BCUT2D eigenvalue weighted by molar-refractivity contribution is 5.96. The van der Waals surface area contributed by atoms with Gasteiger partial charge < -0.3 is 15.7 Å². The molecule has 0 aliphatic heterocycles. The molecular weight excluding hydrogens is 196 g/mol. The Kier molecular flexibility index (Phi) is 4.15. The van der Waals surface area contributed by atoms with E-state index in [2.05, 4.69) is 10.6 Å². The number of aromatic hydroxyl groups is 1. The molecule has 0 aliphatic rings. The monoisotopic (exact) mass is 207 g/mol. The molecule has 0 saturated carbocycles. The maximum absolute atomic E-state index is 11.4. The van der Waals surface area contributed by atoms with Crippen LogP contribution in [0.4, 0.5) is 0 Å². The Bertz CT molecular complexity index is 352. The van der Waals surface area contributed by atoms with Gasteiger partial charge >= 0.3 is 6.41 Å². The van der Waals surface area contributed by atoms with E-state index in [1.54, 1.807) is 12.1 Å². The second kappa shape index (κ2) is 5.64. The van der Waals surface area contributed by atoms with Gasteiger partial charge in [0.2, 0.25) is 0 Å². The number of phenols is 1. The fourth-order valence-corrected chi connectivity index (χ4v) is 1.05. The normalized spacial score (nSPS) is 9.33. The van der Waals surface area contributed by atoms with Gasteiger partial charge in [0.25, 0.3) is 5.91 Å². The first-order chi connectivity index (χ1) is 7.25. The highest BCUT2D eigenvalue weighted by Crippen LogP contribution is 2.14. The Morgan fingerprint density at radius 3 is 2.73 bits per heavy atom. The summed E-state index contributed by atoms with van der Waals surface area (Å²) in [6.07, 6.45) is 1.49. The lowest BCUT2D eigenvalue weighted by Crippen LogP contribution is -2.31. The number of para-hydroxylation sites is 1. The first kappa shape index (κ1) is 11.0. The number of carbonyl (C=O) groups is 1. The molecule has 0 fully saturated rings.